The van der Waals surface area contributed by atoms with Crippen LogP contribution in [0.15, 0.2) is 41.9 Å². The van der Waals surface area contributed by atoms with Crippen LogP contribution in [0.1, 0.15) is 18.5 Å². The van der Waals surface area contributed by atoms with Crippen molar-refractivity contribution in [1.29, 1.82) is 0 Å². The predicted molar refractivity (Wildman–Crippen MR) is 70.5 cm³/mol. The highest BCUT2D eigenvalue weighted by molar-refractivity contribution is 6.29. The fourth-order valence-corrected chi connectivity index (χ4v) is 1.54. The second-order valence-electron chi connectivity index (χ2n) is 3.96. The Hall–Kier alpha value is -1.32. The van der Waals surface area contributed by atoms with Crippen molar-refractivity contribution in [2.75, 3.05) is 6.54 Å². The van der Waals surface area contributed by atoms with Gasteiger partial charge >= 0.3 is 0 Å². The molecule has 1 aromatic rings. The van der Waals surface area contributed by atoms with Crippen molar-refractivity contribution in [3.8, 4) is 0 Å². The van der Waals surface area contributed by atoms with E-state index in [0.717, 1.165) is 5.56 Å². The Morgan fingerprint density at radius 1 is 1.47 bits per heavy atom. The average molecular weight is 253 g/mol. The first-order valence-electron chi connectivity index (χ1n) is 5.44. The second-order valence-corrected chi connectivity index (χ2v) is 4.49. The van der Waals surface area contributed by atoms with Gasteiger partial charge in [-0.05, 0) is 5.56 Å². The zero-order valence-corrected chi connectivity index (χ0v) is 10.6. The molecule has 4 heteroatoms. The third-order valence-electron chi connectivity index (χ3n) is 2.59. The van der Waals surface area contributed by atoms with E-state index in [2.05, 4.69) is 11.9 Å². The number of carbonyl (C=O) groups excluding carboxylic acids is 1. The van der Waals surface area contributed by atoms with E-state index in [4.69, 9.17) is 17.3 Å². The molecule has 0 fully saturated rings. The van der Waals surface area contributed by atoms with Crippen molar-refractivity contribution in [2.45, 2.75) is 13.0 Å². The van der Waals surface area contributed by atoms with Crippen molar-refractivity contribution in [1.82, 2.24) is 5.32 Å². The van der Waals surface area contributed by atoms with Crippen LogP contribution < -0.4 is 11.1 Å². The molecule has 0 aliphatic rings. The predicted octanol–water partition coefficient (Wildman–Crippen LogP) is 2.19. The van der Waals surface area contributed by atoms with Crippen molar-refractivity contribution in [3.05, 3.63) is 47.5 Å². The lowest BCUT2D eigenvalue weighted by molar-refractivity contribution is -0.124. The first kappa shape index (κ1) is 13.7. The summed E-state index contributed by atoms with van der Waals surface area (Å²) in [6.45, 7) is 5.57. The van der Waals surface area contributed by atoms with E-state index < -0.39 is 0 Å². The molecule has 92 valence electrons. The number of nitrogens with two attached hydrogens (primary N) is 1. The van der Waals surface area contributed by atoms with Crippen molar-refractivity contribution in [3.63, 3.8) is 0 Å². The van der Waals surface area contributed by atoms with Gasteiger partial charge in [-0.15, -0.1) is 0 Å². The zero-order chi connectivity index (χ0) is 12.8. The smallest absolute Gasteiger partial charge is 0.225 e. The molecule has 1 amide bonds. The Morgan fingerprint density at radius 2 is 2.06 bits per heavy atom. The molecule has 0 heterocycles. The number of amides is 1. The van der Waals surface area contributed by atoms with Gasteiger partial charge in [0.1, 0.15) is 0 Å². The fraction of sp³-hybridized carbons (Fsp3) is 0.308. The molecule has 0 saturated carbocycles. The van der Waals surface area contributed by atoms with Crippen LogP contribution >= 0.6 is 11.6 Å². The molecular weight excluding hydrogens is 236 g/mol. The molecule has 1 rings (SSSR count). The van der Waals surface area contributed by atoms with E-state index in [9.17, 15) is 4.79 Å². The van der Waals surface area contributed by atoms with Gasteiger partial charge in [0.25, 0.3) is 0 Å². The van der Waals surface area contributed by atoms with E-state index in [1.807, 2.05) is 30.3 Å². The summed E-state index contributed by atoms with van der Waals surface area (Å²) in [4.78, 5) is 11.8. The molecule has 0 radical (unpaired) electrons. The van der Waals surface area contributed by atoms with E-state index in [1.165, 1.54) is 0 Å². The third kappa shape index (κ3) is 4.21. The topological polar surface area (TPSA) is 55.1 Å². The van der Waals surface area contributed by atoms with Gasteiger partial charge in [0, 0.05) is 11.1 Å². The monoisotopic (exact) mass is 252 g/mol. The lowest BCUT2D eigenvalue weighted by atomic mass is 9.95. The summed E-state index contributed by atoms with van der Waals surface area (Å²) in [5.41, 5.74) is 6.97. The van der Waals surface area contributed by atoms with Crippen LogP contribution in [-0.2, 0) is 4.79 Å². The quantitative estimate of drug-likeness (QED) is 0.844. The molecule has 17 heavy (non-hydrogen) atoms. The summed E-state index contributed by atoms with van der Waals surface area (Å²) in [5, 5.41) is 3.08. The number of hydrogen-bond acceptors (Lipinski definition) is 2. The zero-order valence-electron chi connectivity index (χ0n) is 9.82. The molecule has 0 aromatic heterocycles. The van der Waals surface area contributed by atoms with Gasteiger partial charge in [-0.25, -0.2) is 0 Å². The van der Waals surface area contributed by atoms with Crippen molar-refractivity contribution < 1.29 is 4.79 Å². The maximum Gasteiger partial charge on any atom is 0.225 e. The maximum atomic E-state index is 11.8. The molecule has 0 spiro atoms. The summed E-state index contributed by atoms with van der Waals surface area (Å²) in [6, 6.07) is 9.23. The van der Waals surface area contributed by atoms with Gasteiger partial charge in [-0.1, -0.05) is 55.4 Å². The molecule has 1 aromatic carbocycles. The summed E-state index contributed by atoms with van der Waals surface area (Å²) in [6.07, 6.45) is 0. The first-order valence-corrected chi connectivity index (χ1v) is 5.81. The fourth-order valence-electron chi connectivity index (χ4n) is 1.47. The normalized spacial score (nSPS) is 13.8. The highest BCUT2D eigenvalue weighted by atomic mass is 35.5. The number of nitrogens with one attached hydrogen (secondary N) is 1. The third-order valence-corrected chi connectivity index (χ3v) is 2.72. The Morgan fingerprint density at radius 3 is 2.59 bits per heavy atom. The SMILES string of the molecule is C=C(Cl)CNC(=O)C(C)C(N)c1ccccc1. The molecule has 3 N–H and O–H groups in total. The lowest BCUT2D eigenvalue weighted by Gasteiger charge is -2.19. The van der Waals surface area contributed by atoms with Crippen LogP contribution in [0.2, 0.25) is 0 Å². The summed E-state index contributed by atoms with van der Waals surface area (Å²) in [7, 11) is 0. The minimum Gasteiger partial charge on any atom is -0.351 e. The van der Waals surface area contributed by atoms with Gasteiger partial charge < -0.3 is 11.1 Å². The Bertz CT molecular complexity index is 392. The van der Waals surface area contributed by atoms with Crippen LogP contribution in [0, 0.1) is 5.92 Å². The molecule has 0 bridgehead atoms. The highest BCUT2D eigenvalue weighted by Crippen LogP contribution is 2.18. The van der Waals surface area contributed by atoms with Crippen LogP contribution in [0.5, 0.6) is 0 Å². The van der Waals surface area contributed by atoms with Gasteiger partial charge in [-0.3, -0.25) is 4.79 Å². The largest absolute Gasteiger partial charge is 0.351 e. The van der Waals surface area contributed by atoms with Gasteiger partial charge in [0.2, 0.25) is 5.91 Å². The van der Waals surface area contributed by atoms with Gasteiger partial charge in [0.05, 0.1) is 12.5 Å². The minimum atomic E-state index is -0.320. The second kappa shape index (κ2) is 6.42. The van der Waals surface area contributed by atoms with E-state index in [1.54, 1.807) is 6.92 Å². The van der Waals surface area contributed by atoms with E-state index >= 15 is 0 Å². The van der Waals surface area contributed by atoms with Crippen LogP contribution in [-0.4, -0.2) is 12.5 Å². The van der Waals surface area contributed by atoms with Crippen LogP contribution in [0.4, 0.5) is 0 Å². The van der Waals surface area contributed by atoms with Crippen LogP contribution in [0.3, 0.4) is 0 Å². The summed E-state index contributed by atoms with van der Waals surface area (Å²) >= 11 is 5.58. The molecule has 0 aliphatic heterocycles. The molecular formula is C13H17ClN2O. The molecule has 0 saturated heterocycles. The Labute approximate surface area is 107 Å². The lowest BCUT2D eigenvalue weighted by Crippen LogP contribution is -2.36. The Balaban J connectivity index is 2.60. The number of halogens is 1. The van der Waals surface area contributed by atoms with Gasteiger partial charge in [0.15, 0.2) is 0 Å². The van der Waals surface area contributed by atoms with Crippen molar-refractivity contribution in [2.24, 2.45) is 11.7 Å². The minimum absolute atomic E-state index is 0.122. The molecule has 3 nitrogen and oxygen atoms in total. The number of carbonyl (C=O) groups is 1. The van der Waals surface area contributed by atoms with E-state index in [0.29, 0.717) is 5.03 Å². The summed E-state index contributed by atoms with van der Waals surface area (Å²) in [5.74, 6) is -0.434. The molecule has 2 atom stereocenters. The molecule has 0 aliphatic carbocycles. The standard InChI is InChI=1S/C13H17ClN2O/c1-9(14)8-16-13(17)10(2)12(15)11-6-4-3-5-7-11/h3-7,10,12H,1,8,15H2,2H3,(H,16,17). The van der Waals surface area contributed by atoms with Crippen molar-refractivity contribution >= 4 is 17.5 Å². The van der Waals surface area contributed by atoms with E-state index in [-0.39, 0.29) is 24.4 Å². The maximum absolute atomic E-state index is 11.8. The Kier molecular flexibility index (Phi) is 5.19. The number of benzene rings is 1. The molecule has 2 unspecified atom stereocenters. The summed E-state index contributed by atoms with van der Waals surface area (Å²) < 4.78 is 0. The average Bonchev–Trinajstić information content (AvgIpc) is 2.35. The first-order chi connectivity index (χ1) is 8.02. The highest BCUT2D eigenvalue weighted by Gasteiger charge is 2.21. The van der Waals surface area contributed by atoms with Crippen LogP contribution in [0.25, 0.3) is 0 Å². The number of rotatable bonds is 5. The number of hydrogen-bond donors (Lipinski definition) is 2. The van der Waals surface area contributed by atoms with Gasteiger partial charge in [-0.2, -0.15) is 0 Å².